The highest BCUT2D eigenvalue weighted by molar-refractivity contribution is 6.24. The number of ketones is 2. The molecular weight excluding hydrogens is 492 g/mol. The zero-order chi connectivity index (χ0) is 27.6. The number of aliphatic carboxylic acids is 1. The van der Waals surface area contributed by atoms with Crippen molar-refractivity contribution in [1.29, 1.82) is 0 Å². The van der Waals surface area contributed by atoms with Crippen molar-refractivity contribution in [1.82, 2.24) is 0 Å². The summed E-state index contributed by atoms with van der Waals surface area (Å²) >= 11 is 0. The first-order chi connectivity index (χ1) is 17.2. The zero-order valence-corrected chi connectivity index (χ0v) is 19.4. The van der Waals surface area contributed by atoms with Gasteiger partial charge in [0.15, 0.2) is 17.1 Å². The van der Waals surface area contributed by atoms with E-state index in [1.54, 1.807) is 6.92 Å². The molecule has 0 bridgehead atoms. The lowest BCUT2D eigenvalue weighted by Crippen LogP contribution is -2.62. The summed E-state index contributed by atoms with van der Waals surface area (Å²) in [7, 11) is 0. The molecule has 3 aliphatic carbocycles. The van der Waals surface area contributed by atoms with Gasteiger partial charge >= 0.3 is 5.97 Å². The molecule has 0 aromatic heterocycles. The Bertz CT molecular complexity index is 1340. The van der Waals surface area contributed by atoms with Gasteiger partial charge in [0.25, 0.3) is 5.91 Å². The largest absolute Gasteiger partial charge is 0.511 e. The third kappa shape index (κ3) is 3.65. The van der Waals surface area contributed by atoms with E-state index in [0.717, 1.165) is 0 Å². The molecule has 0 saturated carbocycles. The second-order valence-corrected chi connectivity index (χ2v) is 9.36. The predicted molar refractivity (Wildman–Crippen MR) is 122 cm³/mol. The van der Waals surface area contributed by atoms with E-state index in [1.807, 2.05) is 0 Å². The lowest BCUT2D eigenvalue weighted by atomic mass is 9.56. The number of hydrogen-bond acceptors (Lipinski definition) is 10. The van der Waals surface area contributed by atoms with Gasteiger partial charge < -0.3 is 41.7 Å². The van der Waals surface area contributed by atoms with Gasteiger partial charge in [-0.25, -0.2) is 0 Å². The van der Waals surface area contributed by atoms with Gasteiger partial charge in [0.2, 0.25) is 11.7 Å². The molecule has 0 aliphatic heterocycles. The average Bonchev–Trinajstić information content (AvgIpc) is 2.81. The highest BCUT2D eigenvalue weighted by Crippen LogP contribution is 2.55. The summed E-state index contributed by atoms with van der Waals surface area (Å²) in [4.78, 5) is 61.1. The van der Waals surface area contributed by atoms with Crippen molar-refractivity contribution in [3.63, 3.8) is 0 Å². The average molecular weight is 516 g/mol. The van der Waals surface area contributed by atoms with Crippen LogP contribution in [0.4, 0.5) is 5.69 Å². The van der Waals surface area contributed by atoms with Crippen LogP contribution in [0.1, 0.15) is 48.0 Å². The molecule has 2 unspecified atom stereocenters. The molecule has 1 aromatic rings. The second-order valence-electron chi connectivity index (χ2n) is 9.36. The number of Topliss-reactive ketones (excluding diaryl/α,β-unsaturated/α-hetero) is 2. The number of phenols is 1. The quantitative estimate of drug-likeness (QED) is 0.190. The number of benzene rings is 1. The number of carbonyl (C=O) groups excluding carboxylic acids is 4. The Kier molecular flexibility index (Phi) is 6.08. The molecule has 13 heteroatoms. The standard InChI is InChI=1S/C24H24N2O11/c1-7-8-2-3-10(26-12(28)4-5-13(29)30)19(32)15(8)20(33)17-14(7)18(31)9-6-11(27)16(23(25)36)21(34)24(9,37)22(17)35/h2-3,7,9,14,18,27,31-32,35,37H,4-6H2,1H3,(H2,25,36)(H,26,28)(H,29,30)/t7-,9?,14?,18+,24+/m0/s1. The van der Waals surface area contributed by atoms with Crippen LogP contribution in [0.25, 0.3) is 0 Å². The third-order valence-electron chi connectivity index (χ3n) is 7.34. The van der Waals surface area contributed by atoms with Gasteiger partial charge in [0.05, 0.1) is 23.8 Å². The van der Waals surface area contributed by atoms with Gasteiger partial charge in [-0.2, -0.15) is 0 Å². The first-order valence-corrected chi connectivity index (χ1v) is 11.3. The summed E-state index contributed by atoms with van der Waals surface area (Å²) in [5.41, 5.74) is 0.297. The second kappa shape index (κ2) is 8.71. The van der Waals surface area contributed by atoms with Crippen LogP contribution in [-0.4, -0.2) is 71.7 Å². The highest BCUT2D eigenvalue weighted by Gasteiger charge is 2.64. The van der Waals surface area contributed by atoms with Crippen molar-refractivity contribution in [2.24, 2.45) is 17.6 Å². The SMILES string of the molecule is C[C@H]1c2ccc(NC(=O)CCC(=O)O)c(O)c2C(=O)C2=C(O)[C@]3(O)C(=O)C(C(N)=O)=C(O)CC3[C@@H](O)C21. The number of amides is 2. The molecular formula is C24H24N2O11. The molecule has 2 amide bonds. The summed E-state index contributed by atoms with van der Waals surface area (Å²) in [6.45, 7) is 1.57. The van der Waals surface area contributed by atoms with Crippen LogP contribution in [0, 0.1) is 11.8 Å². The number of anilines is 1. The number of nitrogens with one attached hydrogen (secondary N) is 1. The highest BCUT2D eigenvalue weighted by atomic mass is 16.4. The third-order valence-corrected chi connectivity index (χ3v) is 7.34. The first-order valence-electron chi connectivity index (χ1n) is 11.3. The Morgan fingerprint density at radius 1 is 1.14 bits per heavy atom. The van der Waals surface area contributed by atoms with E-state index in [2.05, 4.69) is 5.32 Å². The number of aromatic hydroxyl groups is 1. The molecule has 13 nitrogen and oxygen atoms in total. The summed E-state index contributed by atoms with van der Waals surface area (Å²) < 4.78 is 0. The lowest BCUT2D eigenvalue weighted by molar-refractivity contribution is -0.154. The van der Waals surface area contributed by atoms with Crippen LogP contribution in [0.15, 0.2) is 34.8 Å². The van der Waals surface area contributed by atoms with Crippen molar-refractivity contribution < 1.29 is 54.6 Å². The minimum absolute atomic E-state index is 0.223. The van der Waals surface area contributed by atoms with Crippen molar-refractivity contribution >= 4 is 35.0 Å². The number of nitrogens with two attached hydrogens (primary N) is 1. The molecule has 4 rings (SSSR count). The van der Waals surface area contributed by atoms with Gasteiger partial charge in [-0.1, -0.05) is 13.0 Å². The molecule has 0 saturated heterocycles. The lowest BCUT2D eigenvalue weighted by Gasteiger charge is -2.50. The Labute approximate surface area is 208 Å². The molecule has 3 aliphatic rings. The number of fused-ring (bicyclic) bond motifs is 3. The maximum absolute atomic E-state index is 13.6. The summed E-state index contributed by atoms with van der Waals surface area (Å²) in [5.74, 6) is -11.9. The number of carboxylic acids is 1. The number of carboxylic acid groups (broad SMARTS) is 1. The zero-order valence-electron chi connectivity index (χ0n) is 19.4. The van der Waals surface area contributed by atoms with Crippen LogP contribution < -0.4 is 11.1 Å². The van der Waals surface area contributed by atoms with Crippen LogP contribution in [0.3, 0.4) is 0 Å². The van der Waals surface area contributed by atoms with E-state index in [9.17, 15) is 49.5 Å². The number of allylic oxidation sites excluding steroid dienone is 1. The predicted octanol–water partition coefficient (Wildman–Crippen LogP) is -0.0844. The number of primary amides is 1. The number of rotatable bonds is 5. The number of aliphatic hydroxyl groups is 4. The van der Waals surface area contributed by atoms with E-state index < -0.39 is 106 Å². The molecule has 37 heavy (non-hydrogen) atoms. The van der Waals surface area contributed by atoms with E-state index in [1.165, 1.54) is 12.1 Å². The fourth-order valence-corrected chi connectivity index (χ4v) is 5.53. The Morgan fingerprint density at radius 2 is 1.78 bits per heavy atom. The topological polar surface area (TPSA) is 245 Å². The molecule has 0 spiro atoms. The monoisotopic (exact) mass is 516 g/mol. The fourth-order valence-electron chi connectivity index (χ4n) is 5.53. The minimum Gasteiger partial charge on any atom is -0.511 e. The normalized spacial score (nSPS) is 28.8. The Balaban J connectivity index is 1.84. The molecule has 5 atom stereocenters. The van der Waals surface area contributed by atoms with Crippen LogP contribution >= 0.6 is 0 Å². The number of aliphatic hydroxyl groups excluding tert-OH is 3. The molecule has 1 aromatic carbocycles. The Morgan fingerprint density at radius 3 is 2.38 bits per heavy atom. The number of phenolic OH excluding ortho intramolecular Hbond substituents is 1. The Hall–Kier alpha value is -4.23. The van der Waals surface area contributed by atoms with Gasteiger partial charge in [-0.3, -0.25) is 24.0 Å². The molecule has 9 N–H and O–H groups in total. The maximum Gasteiger partial charge on any atom is 0.303 e. The molecule has 196 valence electrons. The number of hydrogen-bond donors (Lipinski definition) is 8. The molecule has 0 fully saturated rings. The van der Waals surface area contributed by atoms with Crippen molar-refractivity contribution in [2.45, 2.75) is 43.8 Å². The van der Waals surface area contributed by atoms with Crippen LogP contribution in [0.2, 0.25) is 0 Å². The van der Waals surface area contributed by atoms with E-state index in [4.69, 9.17) is 10.8 Å². The van der Waals surface area contributed by atoms with Crippen molar-refractivity contribution in [2.75, 3.05) is 5.32 Å². The fraction of sp³-hybridized carbons (Fsp3) is 0.375. The molecule has 0 heterocycles. The van der Waals surface area contributed by atoms with Crippen LogP contribution in [0.5, 0.6) is 5.75 Å². The maximum atomic E-state index is 13.6. The van der Waals surface area contributed by atoms with E-state index in [0.29, 0.717) is 0 Å². The summed E-state index contributed by atoms with van der Waals surface area (Å²) in [6.07, 6.45) is -3.12. The van der Waals surface area contributed by atoms with E-state index >= 15 is 0 Å². The van der Waals surface area contributed by atoms with E-state index in [-0.39, 0.29) is 16.8 Å². The minimum atomic E-state index is -2.95. The smallest absolute Gasteiger partial charge is 0.303 e. The van der Waals surface area contributed by atoms with Gasteiger partial charge in [0, 0.05) is 30.3 Å². The summed E-state index contributed by atoms with van der Waals surface area (Å²) in [6, 6.07) is 2.69. The van der Waals surface area contributed by atoms with Gasteiger partial charge in [-0.15, -0.1) is 0 Å². The van der Waals surface area contributed by atoms with Gasteiger partial charge in [-0.05, 0) is 17.5 Å². The molecule has 0 radical (unpaired) electrons. The summed E-state index contributed by atoms with van der Waals surface area (Å²) in [5, 5.41) is 65.6. The first kappa shape index (κ1) is 25.9. The van der Waals surface area contributed by atoms with Crippen molar-refractivity contribution in [3.05, 3.63) is 45.9 Å². The van der Waals surface area contributed by atoms with Crippen molar-refractivity contribution in [3.8, 4) is 5.75 Å². The van der Waals surface area contributed by atoms with Gasteiger partial charge in [0.1, 0.15) is 17.1 Å². The van der Waals surface area contributed by atoms with Crippen LogP contribution in [-0.2, 0) is 19.2 Å². The number of carbonyl (C=O) groups is 5.